The second kappa shape index (κ2) is 13.5. The van der Waals surface area contributed by atoms with E-state index < -0.39 is 28.9 Å². The van der Waals surface area contributed by atoms with Crippen molar-refractivity contribution >= 4 is 47.0 Å². The third-order valence-electron chi connectivity index (χ3n) is 6.46. The van der Waals surface area contributed by atoms with Crippen molar-refractivity contribution < 1.29 is 36.0 Å². The highest BCUT2D eigenvalue weighted by molar-refractivity contribution is 8.13. The number of hydrogen-bond acceptors (Lipinski definition) is 12. The van der Waals surface area contributed by atoms with Gasteiger partial charge in [-0.3, -0.25) is 25.0 Å². The molecule has 1 saturated heterocycles. The summed E-state index contributed by atoms with van der Waals surface area (Å²) < 4.78 is 53.3. The van der Waals surface area contributed by atoms with Crippen LogP contribution >= 0.6 is 10.7 Å². The molecular weight excluding hydrogens is 656 g/mol. The van der Waals surface area contributed by atoms with Gasteiger partial charge in [-0.05, 0) is 36.4 Å². The first-order chi connectivity index (χ1) is 21.2. The summed E-state index contributed by atoms with van der Waals surface area (Å²) in [6.45, 7) is 2.42. The number of non-ortho nitro benzene ring substituents is 2. The number of halogens is 1. The molecule has 0 unspecified atom stereocenters. The van der Waals surface area contributed by atoms with E-state index in [1.807, 2.05) is 0 Å². The lowest BCUT2D eigenvalue weighted by Crippen LogP contribution is -2.50. The Kier molecular flexibility index (Phi) is 9.91. The predicted octanol–water partition coefficient (Wildman–Crippen LogP) is 3.62. The van der Waals surface area contributed by atoms with Crippen molar-refractivity contribution in [1.82, 2.24) is 19.3 Å². The molecule has 1 amide bonds. The van der Waals surface area contributed by atoms with Gasteiger partial charge in [0.25, 0.3) is 26.3 Å². The smallest absolute Gasteiger partial charge is 0.269 e. The first kappa shape index (κ1) is 33.1. The van der Waals surface area contributed by atoms with Crippen molar-refractivity contribution in [1.29, 1.82) is 0 Å². The molecule has 2 heterocycles. The zero-order valence-electron chi connectivity index (χ0n) is 23.2. The molecule has 19 heteroatoms. The molecule has 236 valence electrons. The van der Waals surface area contributed by atoms with Gasteiger partial charge in [-0.25, -0.2) is 16.8 Å². The topological polar surface area (TPSA) is 217 Å². The number of nitro benzene ring substituents is 2. The van der Waals surface area contributed by atoms with Gasteiger partial charge in [0.2, 0.25) is 21.7 Å². The molecule has 16 nitrogen and oxygen atoms in total. The fraction of sp³-hybridized carbons (Fsp3) is 0.192. The van der Waals surface area contributed by atoms with Crippen LogP contribution in [0.3, 0.4) is 0 Å². The molecule has 1 aromatic heterocycles. The van der Waals surface area contributed by atoms with E-state index in [1.54, 1.807) is 36.1 Å². The number of benzene rings is 3. The maximum absolute atomic E-state index is 12.8. The highest BCUT2D eigenvalue weighted by atomic mass is 35.7. The Morgan fingerprint density at radius 2 is 1.29 bits per heavy atom. The number of sulfonamides is 1. The molecule has 0 N–H and O–H groups in total. The van der Waals surface area contributed by atoms with Crippen LogP contribution in [0.4, 0.5) is 11.4 Å². The minimum absolute atomic E-state index is 0.0184. The van der Waals surface area contributed by atoms with Crippen LogP contribution in [0.5, 0.6) is 0 Å². The van der Waals surface area contributed by atoms with E-state index in [9.17, 15) is 41.9 Å². The molecule has 0 aliphatic carbocycles. The Morgan fingerprint density at radius 1 is 0.800 bits per heavy atom. The second-order valence-corrected chi connectivity index (χ2v) is 13.9. The van der Waals surface area contributed by atoms with Crippen molar-refractivity contribution in [2.24, 2.45) is 0 Å². The zero-order valence-corrected chi connectivity index (χ0v) is 25.6. The Bertz CT molecular complexity index is 1930. The van der Waals surface area contributed by atoms with Gasteiger partial charge in [0, 0.05) is 79.2 Å². The molecule has 0 saturated carbocycles. The number of carbonyl (C=O) groups is 1. The van der Waals surface area contributed by atoms with Crippen LogP contribution in [-0.2, 0) is 19.1 Å². The molecule has 45 heavy (non-hydrogen) atoms. The third kappa shape index (κ3) is 8.04. The Balaban J connectivity index is 0.000000297. The van der Waals surface area contributed by atoms with Gasteiger partial charge in [-0.1, -0.05) is 17.3 Å². The van der Waals surface area contributed by atoms with Crippen LogP contribution in [0.15, 0.2) is 87.1 Å². The number of nitro groups is 2. The van der Waals surface area contributed by atoms with Crippen molar-refractivity contribution in [3.05, 3.63) is 104 Å². The van der Waals surface area contributed by atoms with E-state index in [-0.39, 0.29) is 53.3 Å². The van der Waals surface area contributed by atoms with Crippen molar-refractivity contribution in [3.63, 3.8) is 0 Å². The third-order valence-corrected chi connectivity index (χ3v) is 9.74. The number of rotatable bonds is 7. The van der Waals surface area contributed by atoms with Crippen LogP contribution in [0.2, 0.25) is 0 Å². The van der Waals surface area contributed by atoms with E-state index >= 15 is 0 Å². The standard InChI is InChI=1S/C20H19N5O6S.C6H4ClNO4S/c1-14-21-19(22-31-14)15-2-4-16(5-3-15)20(26)23-10-12-24(13-11-23)32(29,30)18-8-6-17(7-9-18)25(27)28;7-13(11,12)6-3-1-5(2-4-6)8(9)10/h2-9H,10-13H2,1H3;1-4H. The summed E-state index contributed by atoms with van der Waals surface area (Å²) in [6, 6.07) is 15.9. The number of piperazine rings is 1. The van der Waals surface area contributed by atoms with Gasteiger partial charge in [0.15, 0.2) is 0 Å². The van der Waals surface area contributed by atoms with Crippen molar-refractivity contribution in [3.8, 4) is 11.4 Å². The van der Waals surface area contributed by atoms with Gasteiger partial charge in [0.05, 0.1) is 19.6 Å². The molecule has 1 aliphatic heterocycles. The highest BCUT2D eigenvalue weighted by Crippen LogP contribution is 2.23. The van der Waals surface area contributed by atoms with E-state index in [0.29, 0.717) is 17.3 Å². The van der Waals surface area contributed by atoms with E-state index in [1.165, 1.54) is 16.4 Å². The van der Waals surface area contributed by atoms with E-state index in [4.69, 9.17) is 15.2 Å². The fourth-order valence-corrected chi connectivity index (χ4v) is 6.30. The minimum atomic E-state index is -3.80. The van der Waals surface area contributed by atoms with Gasteiger partial charge in [0.1, 0.15) is 0 Å². The normalized spacial score (nSPS) is 13.9. The van der Waals surface area contributed by atoms with Gasteiger partial charge in [-0.2, -0.15) is 9.29 Å². The number of aromatic nitrogens is 2. The number of aryl methyl sites for hydroxylation is 1. The quantitative estimate of drug-likeness (QED) is 0.155. The van der Waals surface area contributed by atoms with E-state index in [2.05, 4.69) is 10.1 Å². The summed E-state index contributed by atoms with van der Waals surface area (Å²) in [5, 5.41) is 24.8. The molecule has 1 aliphatic rings. The molecule has 0 atom stereocenters. The van der Waals surface area contributed by atoms with E-state index in [0.717, 1.165) is 42.0 Å². The number of nitrogens with zero attached hydrogens (tertiary/aromatic N) is 6. The summed E-state index contributed by atoms with van der Waals surface area (Å²) >= 11 is 0. The lowest BCUT2D eigenvalue weighted by molar-refractivity contribution is -0.385. The minimum Gasteiger partial charge on any atom is -0.339 e. The van der Waals surface area contributed by atoms with Gasteiger partial charge in [-0.15, -0.1) is 0 Å². The summed E-state index contributed by atoms with van der Waals surface area (Å²) in [5.74, 6) is 0.682. The number of amides is 1. The second-order valence-electron chi connectivity index (χ2n) is 9.35. The SMILES string of the molecule is Cc1nc(-c2ccc(C(=O)N3CCN(S(=O)(=O)c4ccc([N+](=O)[O-])cc4)CC3)cc2)no1.O=[N+]([O-])c1ccc(S(=O)(=O)Cl)cc1. The Labute approximate surface area is 260 Å². The lowest BCUT2D eigenvalue weighted by atomic mass is 10.1. The summed E-state index contributed by atoms with van der Waals surface area (Å²) in [4.78, 5) is 38.1. The average molecular weight is 679 g/mol. The first-order valence-corrected chi connectivity index (χ1v) is 16.6. The van der Waals surface area contributed by atoms with Crippen LogP contribution < -0.4 is 0 Å². The molecule has 5 rings (SSSR count). The molecule has 0 radical (unpaired) electrons. The summed E-state index contributed by atoms with van der Waals surface area (Å²) in [7, 11) is -2.61. The van der Waals surface area contributed by atoms with Gasteiger partial charge < -0.3 is 9.42 Å². The maximum Gasteiger partial charge on any atom is 0.269 e. The van der Waals surface area contributed by atoms with Gasteiger partial charge >= 0.3 is 0 Å². The molecule has 0 spiro atoms. The lowest BCUT2D eigenvalue weighted by Gasteiger charge is -2.34. The molecule has 4 aromatic rings. The molecule has 0 bridgehead atoms. The van der Waals surface area contributed by atoms with Crippen LogP contribution in [0.1, 0.15) is 16.2 Å². The molecule has 3 aromatic carbocycles. The predicted molar refractivity (Wildman–Crippen MR) is 158 cm³/mol. The first-order valence-electron chi connectivity index (χ1n) is 12.8. The average Bonchev–Trinajstić information content (AvgIpc) is 3.47. The number of carbonyl (C=O) groups excluding carboxylic acids is 1. The maximum atomic E-state index is 12.8. The van der Waals surface area contributed by atoms with Crippen molar-refractivity contribution in [2.75, 3.05) is 26.2 Å². The zero-order chi connectivity index (χ0) is 32.9. The van der Waals surface area contributed by atoms with Crippen molar-refractivity contribution in [2.45, 2.75) is 16.7 Å². The molecule has 1 fully saturated rings. The van der Waals surface area contributed by atoms with Crippen LogP contribution in [0, 0.1) is 27.2 Å². The molecular formula is C26H23ClN6O10S2. The monoisotopic (exact) mass is 678 g/mol. The fourth-order valence-electron chi connectivity index (χ4n) is 4.11. The summed E-state index contributed by atoms with van der Waals surface area (Å²) in [5.41, 5.74) is 0.835. The highest BCUT2D eigenvalue weighted by Gasteiger charge is 2.31. The number of hydrogen-bond donors (Lipinski definition) is 0. The Hall–Kier alpha value is -4.78. The van der Waals surface area contributed by atoms with Crippen LogP contribution in [-0.4, -0.2) is 78.1 Å². The summed E-state index contributed by atoms with van der Waals surface area (Å²) in [6.07, 6.45) is 0. The van der Waals surface area contributed by atoms with Crippen LogP contribution in [0.25, 0.3) is 11.4 Å². The largest absolute Gasteiger partial charge is 0.339 e. The Morgan fingerprint density at radius 3 is 1.71 bits per heavy atom.